The van der Waals surface area contributed by atoms with Gasteiger partial charge in [0.2, 0.25) is 11.5 Å². The fraction of sp³-hybridized carbons (Fsp3) is 0.350. The van der Waals surface area contributed by atoms with E-state index in [1.54, 1.807) is 12.3 Å². The van der Waals surface area contributed by atoms with E-state index in [2.05, 4.69) is 10.3 Å². The van der Waals surface area contributed by atoms with Gasteiger partial charge in [0.1, 0.15) is 5.69 Å². The molecule has 1 aromatic carbocycles. The number of carbonyl (C=O) groups excluding carboxylic acids is 1. The Morgan fingerprint density at radius 2 is 2.04 bits per heavy atom. The molecule has 2 heterocycles. The van der Waals surface area contributed by atoms with E-state index in [0.717, 1.165) is 30.5 Å². The molecule has 3 aromatic rings. The van der Waals surface area contributed by atoms with Crippen LogP contribution in [-0.4, -0.2) is 25.8 Å². The van der Waals surface area contributed by atoms with Crippen LogP contribution in [0.15, 0.2) is 53.3 Å². The molecule has 0 unspecified atom stereocenters. The molecule has 0 amide bonds. The average molecular weight is 351 g/mol. The van der Waals surface area contributed by atoms with Gasteiger partial charge in [-0.1, -0.05) is 35.5 Å². The predicted molar refractivity (Wildman–Crippen MR) is 95.3 cm³/mol. The Balaban J connectivity index is 1.28. The van der Waals surface area contributed by atoms with Crippen molar-refractivity contribution in [2.24, 2.45) is 11.8 Å². The van der Waals surface area contributed by atoms with Crippen LogP contribution in [-0.2, 0) is 13.2 Å². The van der Waals surface area contributed by atoms with E-state index >= 15 is 0 Å². The minimum Gasteiger partial charge on any atom is -0.392 e. The van der Waals surface area contributed by atoms with Gasteiger partial charge in [0.25, 0.3) is 0 Å². The second-order valence-corrected chi connectivity index (χ2v) is 7.00. The molecule has 1 aliphatic carbocycles. The lowest BCUT2D eigenvalue weighted by atomic mass is 9.72. The molecular weight excluding hydrogens is 330 g/mol. The number of rotatable bonds is 7. The molecule has 26 heavy (non-hydrogen) atoms. The number of hydrogen-bond donors (Lipinski definition) is 1. The highest BCUT2D eigenvalue weighted by Crippen LogP contribution is 2.38. The van der Waals surface area contributed by atoms with Gasteiger partial charge in [0.15, 0.2) is 0 Å². The normalized spacial score (nSPS) is 19.3. The van der Waals surface area contributed by atoms with E-state index in [-0.39, 0.29) is 12.4 Å². The van der Waals surface area contributed by atoms with E-state index in [1.807, 2.05) is 41.2 Å². The first kappa shape index (κ1) is 16.7. The molecular formula is C20H21N3O3. The summed E-state index contributed by atoms with van der Waals surface area (Å²) in [6.45, 7) is 0.856. The lowest BCUT2D eigenvalue weighted by molar-refractivity contribution is 0.0842. The van der Waals surface area contributed by atoms with Gasteiger partial charge in [-0.3, -0.25) is 9.48 Å². The lowest BCUT2D eigenvalue weighted by Crippen LogP contribution is -2.29. The van der Waals surface area contributed by atoms with Gasteiger partial charge in [-0.05, 0) is 24.7 Å². The zero-order valence-corrected chi connectivity index (χ0v) is 14.4. The highest BCUT2D eigenvalue weighted by Gasteiger charge is 2.32. The van der Waals surface area contributed by atoms with Crippen molar-refractivity contribution < 1.29 is 14.4 Å². The SMILES string of the molecule is O=C(CC1CC(Cn2cc(CO)cn2)C1)c1cc(-c2ccccc2)no1. The Morgan fingerprint density at radius 1 is 1.23 bits per heavy atom. The summed E-state index contributed by atoms with van der Waals surface area (Å²) < 4.78 is 7.12. The first-order valence-electron chi connectivity index (χ1n) is 8.89. The predicted octanol–water partition coefficient (Wildman–Crippen LogP) is 3.33. The largest absolute Gasteiger partial charge is 0.392 e. The van der Waals surface area contributed by atoms with E-state index in [0.29, 0.717) is 29.7 Å². The van der Waals surface area contributed by atoms with E-state index in [4.69, 9.17) is 9.63 Å². The third-order valence-corrected chi connectivity index (χ3v) is 4.98. The quantitative estimate of drug-likeness (QED) is 0.660. The number of carbonyl (C=O) groups is 1. The summed E-state index contributed by atoms with van der Waals surface area (Å²) in [5.74, 6) is 1.29. The number of benzene rings is 1. The minimum absolute atomic E-state index is 0.0178. The number of aliphatic hydroxyl groups excluding tert-OH is 1. The molecule has 134 valence electrons. The zero-order valence-electron chi connectivity index (χ0n) is 14.4. The Labute approximate surface area is 151 Å². The topological polar surface area (TPSA) is 81.2 Å². The van der Waals surface area contributed by atoms with Crippen LogP contribution in [0, 0.1) is 11.8 Å². The van der Waals surface area contributed by atoms with Crippen molar-refractivity contribution in [3.63, 3.8) is 0 Å². The van der Waals surface area contributed by atoms with Gasteiger partial charge in [0.05, 0.1) is 12.8 Å². The average Bonchev–Trinajstić information content (AvgIpc) is 3.30. The maximum Gasteiger partial charge on any atom is 0.203 e. The van der Waals surface area contributed by atoms with Crippen molar-refractivity contribution >= 4 is 5.78 Å². The number of aliphatic hydroxyl groups is 1. The number of hydrogen-bond acceptors (Lipinski definition) is 5. The van der Waals surface area contributed by atoms with Crippen LogP contribution in [0.1, 0.15) is 35.4 Å². The van der Waals surface area contributed by atoms with E-state index < -0.39 is 0 Å². The molecule has 6 heteroatoms. The van der Waals surface area contributed by atoms with Crippen molar-refractivity contribution in [1.82, 2.24) is 14.9 Å². The molecule has 1 aliphatic rings. The van der Waals surface area contributed by atoms with Crippen molar-refractivity contribution in [2.75, 3.05) is 0 Å². The van der Waals surface area contributed by atoms with Crippen LogP contribution >= 0.6 is 0 Å². The molecule has 0 saturated heterocycles. The standard InChI is InChI=1S/C20H21N3O3/c24-13-16-10-21-23(12-16)11-15-6-14(7-15)8-19(25)20-9-18(22-26-20)17-4-2-1-3-5-17/h1-5,9-10,12,14-15,24H,6-8,11,13H2. The summed E-state index contributed by atoms with van der Waals surface area (Å²) in [5.41, 5.74) is 2.47. The molecule has 1 saturated carbocycles. The Hall–Kier alpha value is -2.73. The Kier molecular flexibility index (Phi) is 4.67. The molecule has 0 spiro atoms. The second kappa shape index (κ2) is 7.25. The molecule has 1 fully saturated rings. The maximum atomic E-state index is 12.4. The molecule has 0 aliphatic heterocycles. The van der Waals surface area contributed by atoms with Gasteiger partial charge >= 0.3 is 0 Å². The van der Waals surface area contributed by atoms with Crippen LogP contribution in [0.5, 0.6) is 0 Å². The molecule has 4 rings (SSSR count). The smallest absolute Gasteiger partial charge is 0.203 e. The summed E-state index contributed by atoms with van der Waals surface area (Å²) >= 11 is 0. The molecule has 0 radical (unpaired) electrons. The van der Waals surface area contributed by atoms with Crippen molar-refractivity contribution in [3.8, 4) is 11.3 Å². The van der Waals surface area contributed by atoms with Gasteiger partial charge in [0, 0.05) is 36.4 Å². The summed E-state index contributed by atoms with van der Waals surface area (Å²) in [4.78, 5) is 12.4. The van der Waals surface area contributed by atoms with Gasteiger partial charge < -0.3 is 9.63 Å². The second-order valence-electron chi connectivity index (χ2n) is 7.00. The lowest BCUT2D eigenvalue weighted by Gasteiger charge is -2.34. The van der Waals surface area contributed by atoms with Crippen LogP contribution < -0.4 is 0 Å². The summed E-state index contributed by atoms with van der Waals surface area (Å²) in [5, 5.41) is 17.3. The number of aromatic nitrogens is 3. The van der Waals surface area contributed by atoms with Crippen molar-refractivity contribution in [3.05, 3.63) is 60.1 Å². The zero-order chi connectivity index (χ0) is 17.9. The molecule has 0 atom stereocenters. The van der Waals surface area contributed by atoms with Gasteiger partial charge in [-0.2, -0.15) is 5.10 Å². The van der Waals surface area contributed by atoms with Crippen LogP contribution in [0.2, 0.25) is 0 Å². The molecule has 6 nitrogen and oxygen atoms in total. The monoisotopic (exact) mass is 351 g/mol. The maximum absolute atomic E-state index is 12.4. The summed E-state index contributed by atoms with van der Waals surface area (Å²) in [6.07, 6.45) is 6.09. The number of ketones is 1. The number of nitrogens with zero attached hydrogens (tertiary/aromatic N) is 3. The molecule has 1 N–H and O–H groups in total. The Morgan fingerprint density at radius 3 is 2.77 bits per heavy atom. The third kappa shape index (κ3) is 3.60. The number of Topliss-reactive ketones (excluding diaryl/α,β-unsaturated/α-hetero) is 1. The summed E-state index contributed by atoms with van der Waals surface area (Å²) in [6, 6.07) is 11.4. The van der Waals surface area contributed by atoms with Crippen LogP contribution in [0.25, 0.3) is 11.3 Å². The first-order valence-corrected chi connectivity index (χ1v) is 8.89. The Bertz CT molecular complexity index is 879. The van der Waals surface area contributed by atoms with Crippen molar-refractivity contribution in [2.45, 2.75) is 32.4 Å². The first-order chi connectivity index (χ1) is 12.7. The van der Waals surface area contributed by atoms with Crippen LogP contribution in [0.3, 0.4) is 0 Å². The van der Waals surface area contributed by atoms with E-state index in [1.165, 1.54) is 0 Å². The van der Waals surface area contributed by atoms with Crippen molar-refractivity contribution in [1.29, 1.82) is 0 Å². The fourth-order valence-corrected chi connectivity index (χ4v) is 3.56. The van der Waals surface area contributed by atoms with Gasteiger partial charge in [-0.25, -0.2) is 0 Å². The molecule has 2 aromatic heterocycles. The van der Waals surface area contributed by atoms with Crippen LogP contribution in [0.4, 0.5) is 0 Å². The fourth-order valence-electron chi connectivity index (χ4n) is 3.56. The highest BCUT2D eigenvalue weighted by atomic mass is 16.5. The van der Waals surface area contributed by atoms with E-state index in [9.17, 15) is 4.79 Å². The van der Waals surface area contributed by atoms with Gasteiger partial charge in [-0.15, -0.1) is 0 Å². The summed E-state index contributed by atoms with van der Waals surface area (Å²) in [7, 11) is 0. The third-order valence-electron chi connectivity index (χ3n) is 4.98. The minimum atomic E-state index is 0.0178. The highest BCUT2D eigenvalue weighted by molar-refractivity contribution is 5.94. The molecule has 0 bridgehead atoms.